The number of aromatic hydroxyl groups is 1. The average Bonchev–Trinajstić information content (AvgIpc) is 3.27. The maximum absolute atomic E-state index is 14.4. The minimum atomic E-state index is -1.57. The van der Waals surface area contributed by atoms with Gasteiger partial charge in [-0.05, 0) is 65.9 Å². The molecule has 0 unspecified atom stereocenters. The number of hydrogen-bond acceptors (Lipinski definition) is 11. The molecule has 8 amide bonds. The zero-order chi connectivity index (χ0) is 48.6. The van der Waals surface area contributed by atoms with Crippen LogP contribution >= 0.6 is 11.8 Å². The molecule has 0 aliphatic carbocycles. The van der Waals surface area contributed by atoms with E-state index in [1.807, 2.05) is 20.1 Å². The summed E-state index contributed by atoms with van der Waals surface area (Å²) in [4.78, 5) is 119. The smallest absolute Gasteiger partial charge is 0.243 e. The third-order valence-corrected chi connectivity index (χ3v) is 11.6. The third kappa shape index (κ3) is 19.3. The summed E-state index contributed by atoms with van der Waals surface area (Å²) in [5.41, 5.74) is 6.73. The molecular formula is C46H68N8O10S. The molecule has 18 nitrogen and oxygen atoms in total. The van der Waals surface area contributed by atoms with Crippen LogP contribution in [0.3, 0.4) is 0 Å². The lowest BCUT2D eigenvalue weighted by Crippen LogP contribution is -2.62. The maximum atomic E-state index is 14.4. The highest BCUT2D eigenvalue weighted by Gasteiger charge is 2.36. The van der Waals surface area contributed by atoms with Crippen molar-refractivity contribution in [2.24, 2.45) is 23.5 Å². The van der Waals surface area contributed by atoms with Gasteiger partial charge in [-0.25, -0.2) is 0 Å². The second-order valence-electron chi connectivity index (χ2n) is 16.7. The summed E-state index contributed by atoms with van der Waals surface area (Å²) in [5.74, 6) is -5.87. The molecule has 2 rings (SSSR count). The summed E-state index contributed by atoms with van der Waals surface area (Å²) in [7, 11) is 0. The zero-order valence-corrected chi connectivity index (χ0v) is 39.2. The predicted molar refractivity (Wildman–Crippen MR) is 248 cm³/mol. The molecule has 2 aromatic rings. The van der Waals surface area contributed by atoms with E-state index in [9.17, 15) is 48.3 Å². The number of thioether (sulfide) groups is 1. The lowest BCUT2D eigenvalue weighted by molar-refractivity contribution is -0.137. The maximum Gasteiger partial charge on any atom is 0.243 e. The quantitative estimate of drug-likeness (QED) is 0.0502. The van der Waals surface area contributed by atoms with Crippen molar-refractivity contribution < 1.29 is 48.3 Å². The fourth-order valence-corrected chi connectivity index (χ4v) is 7.27. The van der Waals surface area contributed by atoms with E-state index in [1.165, 1.54) is 23.9 Å². The van der Waals surface area contributed by atoms with Crippen molar-refractivity contribution in [3.8, 4) is 5.75 Å². The lowest BCUT2D eigenvalue weighted by atomic mass is 9.95. The number of carbonyl (C=O) groups is 9. The number of hydrogen-bond donors (Lipinski definition) is 9. The largest absolute Gasteiger partial charge is 0.508 e. The summed E-state index contributed by atoms with van der Waals surface area (Å²) in [6, 6.07) is 6.33. The Morgan fingerprint density at radius 1 is 0.631 bits per heavy atom. The topological polar surface area (TPSA) is 284 Å². The van der Waals surface area contributed by atoms with Crippen LogP contribution in [0.25, 0.3) is 0 Å². The van der Waals surface area contributed by atoms with Gasteiger partial charge in [0.1, 0.15) is 48.3 Å². The van der Waals surface area contributed by atoms with E-state index in [1.54, 1.807) is 70.2 Å². The fraction of sp³-hybridized carbons (Fsp3) is 0.543. The number of primary amides is 1. The molecule has 9 atom stereocenters. The van der Waals surface area contributed by atoms with Crippen LogP contribution in [0, 0.1) is 17.8 Å². The van der Waals surface area contributed by atoms with Crippen LogP contribution < -0.4 is 43.0 Å². The van der Waals surface area contributed by atoms with Crippen molar-refractivity contribution in [2.45, 2.75) is 129 Å². The van der Waals surface area contributed by atoms with Crippen LogP contribution in [0.5, 0.6) is 5.75 Å². The summed E-state index contributed by atoms with van der Waals surface area (Å²) in [6.07, 6.45) is 3.54. The normalized spacial score (nSPS) is 15.2. The molecule has 0 saturated heterocycles. The number of carbonyl (C=O) groups excluding carboxylic acids is 9. The van der Waals surface area contributed by atoms with Gasteiger partial charge in [0.15, 0.2) is 0 Å². The molecule has 0 spiro atoms. The summed E-state index contributed by atoms with van der Waals surface area (Å²) >= 11 is 1.46. The number of aldehydes is 1. The van der Waals surface area contributed by atoms with E-state index < -0.39 is 102 Å². The van der Waals surface area contributed by atoms with E-state index in [0.717, 1.165) is 0 Å². The van der Waals surface area contributed by atoms with Gasteiger partial charge in [-0.1, -0.05) is 96.8 Å². The van der Waals surface area contributed by atoms with Crippen molar-refractivity contribution >= 4 is 65.8 Å². The molecule has 0 heterocycles. The average molecular weight is 925 g/mol. The Kier molecular flexibility index (Phi) is 24.4. The molecule has 0 saturated carbocycles. The van der Waals surface area contributed by atoms with E-state index in [2.05, 4.69) is 37.2 Å². The lowest BCUT2D eigenvalue weighted by Gasteiger charge is -2.30. The van der Waals surface area contributed by atoms with E-state index in [4.69, 9.17) is 5.73 Å². The molecule has 19 heteroatoms. The van der Waals surface area contributed by atoms with Crippen LogP contribution in [0.15, 0.2) is 54.6 Å². The van der Waals surface area contributed by atoms with Gasteiger partial charge in [0.25, 0.3) is 0 Å². The minimum Gasteiger partial charge on any atom is -0.508 e. The third-order valence-electron chi connectivity index (χ3n) is 11.0. The summed E-state index contributed by atoms with van der Waals surface area (Å²) in [5, 5.41) is 28.4. The van der Waals surface area contributed by atoms with Gasteiger partial charge in [-0.2, -0.15) is 11.8 Å². The van der Waals surface area contributed by atoms with Crippen LogP contribution in [-0.4, -0.2) is 113 Å². The van der Waals surface area contributed by atoms with Gasteiger partial charge < -0.3 is 52.9 Å². The number of phenolic OH excluding ortho intramolecular Hbond substituents is 1. The first-order valence-electron chi connectivity index (χ1n) is 21.9. The monoisotopic (exact) mass is 924 g/mol. The Labute approximate surface area is 385 Å². The Hall–Kier alpha value is -5.98. The van der Waals surface area contributed by atoms with Gasteiger partial charge in [-0.15, -0.1) is 0 Å². The summed E-state index contributed by atoms with van der Waals surface area (Å²) < 4.78 is 0. The van der Waals surface area contributed by atoms with Gasteiger partial charge >= 0.3 is 0 Å². The number of amides is 8. The first-order valence-corrected chi connectivity index (χ1v) is 23.3. The molecule has 0 bridgehead atoms. The van der Waals surface area contributed by atoms with Crippen LogP contribution in [0.1, 0.15) is 84.8 Å². The highest BCUT2D eigenvalue weighted by molar-refractivity contribution is 7.98. The molecule has 0 aromatic heterocycles. The fourth-order valence-electron chi connectivity index (χ4n) is 6.80. The minimum absolute atomic E-state index is 0.0174. The van der Waals surface area contributed by atoms with Crippen molar-refractivity contribution in [3.63, 3.8) is 0 Å². The first kappa shape index (κ1) is 55.2. The highest BCUT2D eigenvalue weighted by atomic mass is 32.2. The SMILES string of the molecule is CC[C@H](C)[C@H](NC(=O)[C@H](CC(N)=O)NC(=O)[C@@H](NC(=O)[C@H](Cc1ccccc1)NC(=O)[C@H](Cc1ccc(O)cc1)NC(=O)[C@H](CCSC)NC=O)[C@@H](C)CC)C(=O)N[C@H](C=O)CC(C)C. The van der Waals surface area contributed by atoms with Crippen molar-refractivity contribution in [2.75, 3.05) is 12.0 Å². The molecule has 0 radical (unpaired) electrons. The van der Waals surface area contributed by atoms with Crippen molar-refractivity contribution in [3.05, 3.63) is 65.7 Å². The van der Waals surface area contributed by atoms with E-state index in [-0.39, 0.29) is 30.9 Å². The highest BCUT2D eigenvalue weighted by Crippen LogP contribution is 2.15. The second-order valence-corrected chi connectivity index (χ2v) is 17.6. The summed E-state index contributed by atoms with van der Waals surface area (Å²) in [6.45, 7) is 10.8. The zero-order valence-electron chi connectivity index (χ0n) is 38.4. The van der Waals surface area contributed by atoms with Gasteiger partial charge in [0.05, 0.1) is 12.5 Å². The van der Waals surface area contributed by atoms with Gasteiger partial charge in [-0.3, -0.25) is 38.4 Å². The van der Waals surface area contributed by atoms with E-state index in [0.29, 0.717) is 48.8 Å². The Balaban J connectivity index is 2.48. The molecule has 10 N–H and O–H groups in total. The molecule has 0 aliphatic rings. The number of rotatable bonds is 30. The number of benzene rings is 2. The Morgan fingerprint density at radius 2 is 1.09 bits per heavy atom. The van der Waals surface area contributed by atoms with E-state index >= 15 is 0 Å². The standard InChI is InChI=1S/C46H68N8O10S/c1-8-28(5)39(45(63)49-32(25-55)21-27(3)4)53-44(62)37(24-38(47)58)52-46(64)40(29(6)9-2)54-43(61)36(22-30-13-11-10-12-14-30)51-42(60)35(23-31-15-17-33(57)18-16-31)50-41(59)34(48-26-56)19-20-65-7/h10-18,25-29,32,34-37,39-40,57H,8-9,19-24H2,1-7H3,(H2,47,58)(H,48,56)(H,49,63)(H,50,59)(H,51,60)(H,52,64)(H,53,62)(H,54,61)/t28-,29-,32-,34-,35-,36-,37-,39-,40-/m0/s1. The molecule has 0 aliphatic heterocycles. The molecule has 358 valence electrons. The van der Waals surface area contributed by atoms with Crippen molar-refractivity contribution in [1.29, 1.82) is 0 Å². The Morgan fingerprint density at radius 3 is 1.55 bits per heavy atom. The molecule has 0 fully saturated rings. The predicted octanol–water partition coefficient (Wildman–Crippen LogP) is 1.17. The van der Waals surface area contributed by atoms with Crippen LogP contribution in [0.2, 0.25) is 0 Å². The number of nitrogens with one attached hydrogen (secondary N) is 7. The second kappa shape index (κ2) is 28.7. The van der Waals surface area contributed by atoms with Crippen LogP contribution in [-0.2, 0) is 56.0 Å². The van der Waals surface area contributed by atoms with Gasteiger partial charge in [0, 0.05) is 12.8 Å². The van der Waals surface area contributed by atoms with Gasteiger partial charge in [0.2, 0.25) is 47.8 Å². The number of phenols is 1. The van der Waals surface area contributed by atoms with Crippen LogP contribution in [0.4, 0.5) is 0 Å². The van der Waals surface area contributed by atoms with Crippen molar-refractivity contribution in [1.82, 2.24) is 37.2 Å². The Bertz CT molecular complexity index is 1890. The molecule has 2 aromatic carbocycles. The molecule has 65 heavy (non-hydrogen) atoms. The molecular weight excluding hydrogens is 857 g/mol. The first-order chi connectivity index (χ1) is 30.9. The number of nitrogens with two attached hydrogens (primary N) is 1.